The van der Waals surface area contributed by atoms with Crippen molar-refractivity contribution in [2.45, 2.75) is 47.6 Å². The van der Waals surface area contributed by atoms with Crippen LogP contribution in [0.25, 0.3) is 55.1 Å². The molecule has 0 spiro atoms. The van der Waals surface area contributed by atoms with Gasteiger partial charge in [0, 0.05) is 44.7 Å². The number of hydrogen-bond donors (Lipinski definition) is 0. The molecule has 4 heterocycles. The van der Waals surface area contributed by atoms with Gasteiger partial charge in [-0.15, -0.1) is 0 Å². The first-order valence-corrected chi connectivity index (χ1v) is 15.4. The molecule has 0 unspecified atom stereocenters. The van der Waals surface area contributed by atoms with E-state index in [4.69, 9.17) is 14.7 Å². The molecule has 0 amide bonds. The highest BCUT2D eigenvalue weighted by atomic mass is 16.5. The molecule has 1 atom stereocenters. The molecule has 1 aliphatic rings. The van der Waals surface area contributed by atoms with Crippen molar-refractivity contribution in [3.8, 4) is 11.4 Å². The number of benzene rings is 4. The Bertz CT molecular complexity index is 2310. The van der Waals surface area contributed by atoms with E-state index in [1.807, 2.05) is 12.3 Å². The van der Waals surface area contributed by atoms with E-state index in [0.29, 0.717) is 6.61 Å². The Kier molecular flexibility index (Phi) is 5.80. The summed E-state index contributed by atoms with van der Waals surface area (Å²) in [6, 6.07) is 31.2. The Labute approximate surface area is 257 Å². The summed E-state index contributed by atoms with van der Waals surface area (Å²) in [6.45, 7) is 13.7. The van der Waals surface area contributed by atoms with Gasteiger partial charge in [-0.1, -0.05) is 50.1 Å². The minimum atomic E-state index is 0.0514. The van der Waals surface area contributed by atoms with Crippen molar-refractivity contribution >= 4 is 49.6 Å². The summed E-state index contributed by atoms with van der Waals surface area (Å²) in [6.07, 6.45) is 1.88. The molecule has 1 aliphatic heterocycles. The SMILES string of the molecule is Cc1cc(C2=N[C@H](C(C)(C)C)CO2)cc(-n2c3ccc(C)cc3c3ccc(-n4c5ccc(C)cc5c5cccnc54)cc32)c1. The van der Waals surface area contributed by atoms with Gasteiger partial charge in [0.05, 0.1) is 22.6 Å². The molecule has 4 aromatic carbocycles. The van der Waals surface area contributed by atoms with Gasteiger partial charge in [0.25, 0.3) is 0 Å². The summed E-state index contributed by atoms with van der Waals surface area (Å²) in [5.74, 6) is 0.735. The van der Waals surface area contributed by atoms with Gasteiger partial charge in [-0.05, 0) is 98.5 Å². The van der Waals surface area contributed by atoms with Gasteiger partial charge < -0.3 is 9.30 Å². The van der Waals surface area contributed by atoms with Crippen LogP contribution < -0.4 is 0 Å². The molecule has 3 aromatic heterocycles. The highest BCUT2D eigenvalue weighted by Gasteiger charge is 2.31. The average Bonchev–Trinajstić information content (AvgIpc) is 3.70. The van der Waals surface area contributed by atoms with Gasteiger partial charge in [-0.25, -0.2) is 9.98 Å². The number of aliphatic imine (C=N–C) groups is 1. The Hall–Kier alpha value is -4.90. The minimum Gasteiger partial charge on any atom is -0.475 e. The van der Waals surface area contributed by atoms with Crippen LogP contribution in [0.2, 0.25) is 0 Å². The molecule has 0 bridgehead atoms. The van der Waals surface area contributed by atoms with Crippen molar-refractivity contribution in [1.82, 2.24) is 14.1 Å². The number of rotatable bonds is 3. The minimum absolute atomic E-state index is 0.0514. The van der Waals surface area contributed by atoms with E-state index in [9.17, 15) is 0 Å². The zero-order chi connectivity index (χ0) is 30.3. The summed E-state index contributed by atoms with van der Waals surface area (Å²) in [4.78, 5) is 9.88. The fraction of sp³-hybridized carbons (Fsp3) is 0.231. The topological polar surface area (TPSA) is 44.3 Å². The molecule has 7 aromatic rings. The third kappa shape index (κ3) is 4.14. The molecule has 5 heteroatoms. The molecule has 0 fully saturated rings. The normalized spacial score (nSPS) is 15.5. The highest BCUT2D eigenvalue weighted by Crippen LogP contribution is 2.37. The Morgan fingerprint density at radius 1 is 0.659 bits per heavy atom. The fourth-order valence-electron chi connectivity index (χ4n) is 6.75. The van der Waals surface area contributed by atoms with Gasteiger partial charge in [0.2, 0.25) is 5.90 Å². The van der Waals surface area contributed by atoms with Crippen LogP contribution in [0.3, 0.4) is 0 Å². The molecule has 8 rings (SSSR count). The van der Waals surface area contributed by atoms with Crippen LogP contribution in [-0.4, -0.2) is 32.7 Å². The number of fused-ring (bicyclic) bond motifs is 6. The highest BCUT2D eigenvalue weighted by molar-refractivity contribution is 6.11. The van der Waals surface area contributed by atoms with Crippen LogP contribution in [-0.2, 0) is 4.74 Å². The van der Waals surface area contributed by atoms with Crippen molar-refractivity contribution in [3.05, 3.63) is 113 Å². The third-order valence-electron chi connectivity index (χ3n) is 9.06. The van der Waals surface area contributed by atoms with Crippen LogP contribution in [0.5, 0.6) is 0 Å². The average molecular weight is 577 g/mol. The molecule has 0 saturated heterocycles. The fourth-order valence-corrected chi connectivity index (χ4v) is 6.75. The van der Waals surface area contributed by atoms with Crippen molar-refractivity contribution in [3.63, 3.8) is 0 Å². The van der Waals surface area contributed by atoms with Crippen molar-refractivity contribution in [2.24, 2.45) is 10.4 Å². The maximum Gasteiger partial charge on any atom is 0.216 e. The van der Waals surface area contributed by atoms with E-state index in [1.54, 1.807) is 0 Å². The van der Waals surface area contributed by atoms with Crippen molar-refractivity contribution in [2.75, 3.05) is 6.61 Å². The number of aromatic nitrogens is 3. The van der Waals surface area contributed by atoms with Crippen LogP contribution in [0, 0.1) is 26.2 Å². The predicted molar refractivity (Wildman–Crippen MR) is 183 cm³/mol. The standard InChI is InChI=1S/C39H36N4O/c1-23-9-13-33-31(18-23)29-12-11-27(43-34-14-10-24(2)19-32(34)30-8-7-15-40-37(30)43)21-35(29)42(33)28-17-25(3)16-26(20-28)38-41-36(22-44-38)39(4,5)6/h7-21,36H,22H2,1-6H3/t36-/m0/s1. The smallest absolute Gasteiger partial charge is 0.216 e. The monoisotopic (exact) mass is 576 g/mol. The van der Waals surface area contributed by atoms with E-state index in [0.717, 1.165) is 44.9 Å². The summed E-state index contributed by atoms with van der Waals surface area (Å²) >= 11 is 0. The predicted octanol–water partition coefficient (Wildman–Crippen LogP) is 9.39. The lowest BCUT2D eigenvalue weighted by molar-refractivity contribution is 0.236. The molecule has 0 radical (unpaired) electrons. The van der Waals surface area contributed by atoms with Gasteiger partial charge >= 0.3 is 0 Å². The van der Waals surface area contributed by atoms with Crippen molar-refractivity contribution in [1.29, 1.82) is 0 Å². The lowest BCUT2D eigenvalue weighted by atomic mass is 9.88. The Balaban J connectivity index is 1.39. The van der Waals surface area contributed by atoms with Crippen LogP contribution in [0.4, 0.5) is 0 Å². The molecule has 0 N–H and O–H groups in total. The zero-order valence-corrected chi connectivity index (χ0v) is 26.1. The summed E-state index contributed by atoms with van der Waals surface area (Å²) in [7, 11) is 0. The third-order valence-corrected chi connectivity index (χ3v) is 9.06. The lowest BCUT2D eigenvalue weighted by Gasteiger charge is -2.21. The number of pyridine rings is 1. The second kappa shape index (κ2) is 9.55. The first-order chi connectivity index (χ1) is 21.2. The number of ether oxygens (including phenoxy) is 1. The van der Waals surface area contributed by atoms with Crippen molar-refractivity contribution < 1.29 is 4.74 Å². The Morgan fingerprint density at radius 2 is 1.39 bits per heavy atom. The van der Waals surface area contributed by atoms with Gasteiger partial charge in [-0.3, -0.25) is 4.57 Å². The molecular weight excluding hydrogens is 540 g/mol. The van der Waals surface area contributed by atoms with Gasteiger partial charge in [0.15, 0.2) is 0 Å². The molecule has 218 valence electrons. The Morgan fingerprint density at radius 3 is 2.11 bits per heavy atom. The van der Waals surface area contributed by atoms with E-state index < -0.39 is 0 Å². The largest absolute Gasteiger partial charge is 0.475 e. The molecular formula is C39H36N4O. The zero-order valence-electron chi connectivity index (χ0n) is 26.1. The molecule has 44 heavy (non-hydrogen) atoms. The van der Waals surface area contributed by atoms with Crippen LogP contribution in [0.1, 0.15) is 43.0 Å². The maximum atomic E-state index is 6.18. The lowest BCUT2D eigenvalue weighted by Crippen LogP contribution is -2.25. The summed E-state index contributed by atoms with van der Waals surface area (Å²) in [5.41, 5.74) is 11.4. The molecule has 5 nitrogen and oxygen atoms in total. The van der Waals surface area contributed by atoms with Crippen LogP contribution in [0.15, 0.2) is 96.1 Å². The second-order valence-electron chi connectivity index (χ2n) is 13.5. The second-order valence-corrected chi connectivity index (χ2v) is 13.5. The van der Waals surface area contributed by atoms with Gasteiger partial charge in [0.1, 0.15) is 12.3 Å². The number of hydrogen-bond acceptors (Lipinski definition) is 3. The first kappa shape index (κ1) is 26.7. The van der Waals surface area contributed by atoms with Gasteiger partial charge in [-0.2, -0.15) is 0 Å². The molecule has 0 aliphatic carbocycles. The molecule has 0 saturated carbocycles. The summed E-state index contributed by atoms with van der Waals surface area (Å²) in [5, 5.41) is 4.85. The number of nitrogens with zero attached hydrogens (tertiary/aromatic N) is 4. The first-order valence-electron chi connectivity index (χ1n) is 15.4. The van der Waals surface area contributed by atoms with E-state index in [2.05, 4.69) is 130 Å². The van der Waals surface area contributed by atoms with E-state index in [1.165, 1.54) is 38.4 Å². The quantitative estimate of drug-likeness (QED) is 0.210. The van der Waals surface area contributed by atoms with E-state index in [-0.39, 0.29) is 11.5 Å². The van der Waals surface area contributed by atoms with Crippen LogP contribution >= 0.6 is 0 Å². The number of aryl methyl sites for hydroxylation is 3. The maximum absolute atomic E-state index is 6.18. The summed E-state index contributed by atoms with van der Waals surface area (Å²) < 4.78 is 10.9. The van der Waals surface area contributed by atoms with E-state index >= 15 is 0 Å².